The van der Waals surface area contributed by atoms with Gasteiger partial charge in [0.2, 0.25) is 5.76 Å². The Morgan fingerprint density at radius 1 is 1.30 bits per heavy atom. The number of carbonyl (C=O) groups excluding carboxylic acids is 2. The summed E-state index contributed by atoms with van der Waals surface area (Å²) in [4.78, 5) is 23.7. The smallest absolute Gasteiger partial charge is 0.340 e. The number of esters is 1. The molecule has 1 N–H and O–H groups in total. The number of ether oxygens (including phenoxy) is 3. The van der Waals surface area contributed by atoms with Crippen LogP contribution in [0.1, 0.15) is 17.3 Å². The van der Waals surface area contributed by atoms with Crippen molar-refractivity contribution < 1.29 is 23.8 Å². The van der Waals surface area contributed by atoms with Crippen molar-refractivity contribution in [2.45, 2.75) is 6.92 Å². The number of benzene rings is 1. The van der Waals surface area contributed by atoms with Crippen LogP contribution in [0.5, 0.6) is 0 Å². The summed E-state index contributed by atoms with van der Waals surface area (Å²) in [6.45, 7) is 2.72. The maximum atomic E-state index is 12.0. The van der Waals surface area contributed by atoms with Crippen LogP contribution in [0.4, 0.5) is 5.69 Å². The topological polar surface area (TPSA) is 73.9 Å². The van der Waals surface area contributed by atoms with Crippen LogP contribution in [0.15, 0.2) is 36.3 Å². The van der Waals surface area contributed by atoms with Crippen molar-refractivity contribution in [2.24, 2.45) is 0 Å². The average molecular weight is 277 g/mol. The number of hydrogen-bond acceptors (Lipinski definition) is 5. The van der Waals surface area contributed by atoms with Crippen LogP contribution in [0.2, 0.25) is 0 Å². The van der Waals surface area contributed by atoms with E-state index >= 15 is 0 Å². The minimum Gasteiger partial charge on any atom is -0.494 e. The molecule has 1 aliphatic heterocycles. The van der Waals surface area contributed by atoms with Gasteiger partial charge in [-0.2, -0.15) is 0 Å². The molecule has 0 aromatic heterocycles. The lowest BCUT2D eigenvalue weighted by Crippen LogP contribution is -2.22. The molecule has 0 radical (unpaired) electrons. The fraction of sp³-hybridized carbons (Fsp3) is 0.286. The van der Waals surface area contributed by atoms with Gasteiger partial charge < -0.3 is 19.5 Å². The maximum absolute atomic E-state index is 12.0. The normalized spacial score (nSPS) is 13.6. The largest absolute Gasteiger partial charge is 0.494 e. The van der Waals surface area contributed by atoms with Gasteiger partial charge in [-0.15, -0.1) is 0 Å². The van der Waals surface area contributed by atoms with E-state index < -0.39 is 11.9 Å². The molecule has 20 heavy (non-hydrogen) atoms. The van der Waals surface area contributed by atoms with Gasteiger partial charge in [0.15, 0.2) is 0 Å². The fourth-order valence-corrected chi connectivity index (χ4v) is 1.65. The van der Waals surface area contributed by atoms with E-state index in [9.17, 15) is 9.59 Å². The third-order valence-electron chi connectivity index (χ3n) is 2.54. The summed E-state index contributed by atoms with van der Waals surface area (Å²) < 4.78 is 15.1. The summed E-state index contributed by atoms with van der Waals surface area (Å²) in [7, 11) is 0. The van der Waals surface area contributed by atoms with Gasteiger partial charge in [0.1, 0.15) is 19.5 Å². The van der Waals surface area contributed by atoms with E-state index in [1.54, 1.807) is 31.2 Å². The number of carbonyl (C=O) groups is 2. The van der Waals surface area contributed by atoms with Gasteiger partial charge in [0, 0.05) is 0 Å². The van der Waals surface area contributed by atoms with Crippen molar-refractivity contribution in [1.29, 1.82) is 0 Å². The zero-order valence-electron chi connectivity index (χ0n) is 11.0. The highest BCUT2D eigenvalue weighted by Gasteiger charge is 2.18. The Kier molecular flexibility index (Phi) is 4.60. The van der Waals surface area contributed by atoms with Gasteiger partial charge in [-0.1, -0.05) is 12.1 Å². The van der Waals surface area contributed by atoms with Crippen LogP contribution in [-0.2, 0) is 19.0 Å². The van der Waals surface area contributed by atoms with Crippen molar-refractivity contribution >= 4 is 17.6 Å². The van der Waals surface area contributed by atoms with Crippen molar-refractivity contribution in [3.63, 3.8) is 0 Å². The first-order chi connectivity index (χ1) is 9.72. The van der Waals surface area contributed by atoms with Crippen LogP contribution >= 0.6 is 0 Å². The van der Waals surface area contributed by atoms with Gasteiger partial charge in [-0.3, -0.25) is 4.79 Å². The van der Waals surface area contributed by atoms with Crippen molar-refractivity contribution in [3.05, 3.63) is 41.9 Å². The number of para-hydroxylation sites is 1. The molecule has 0 unspecified atom stereocenters. The van der Waals surface area contributed by atoms with E-state index in [-0.39, 0.29) is 12.4 Å². The zero-order valence-corrected chi connectivity index (χ0v) is 11.0. The second kappa shape index (κ2) is 6.60. The zero-order chi connectivity index (χ0) is 14.4. The summed E-state index contributed by atoms with van der Waals surface area (Å²) in [5, 5.41) is 2.61. The number of hydrogen-bond donors (Lipinski definition) is 1. The second-order valence-electron chi connectivity index (χ2n) is 3.92. The molecule has 106 valence electrons. The lowest BCUT2D eigenvalue weighted by molar-refractivity contribution is -0.117. The summed E-state index contributed by atoms with van der Waals surface area (Å²) in [5.74, 6) is -0.880. The van der Waals surface area contributed by atoms with Gasteiger partial charge in [-0.25, -0.2) is 4.79 Å². The Bertz CT molecular complexity index is 538. The molecular formula is C14H15NO5. The van der Waals surface area contributed by atoms with Gasteiger partial charge in [0.05, 0.1) is 17.9 Å². The first-order valence-corrected chi connectivity index (χ1v) is 6.24. The number of nitrogens with one attached hydrogen (secondary N) is 1. The second-order valence-corrected chi connectivity index (χ2v) is 3.92. The van der Waals surface area contributed by atoms with E-state index in [2.05, 4.69) is 5.32 Å². The average Bonchev–Trinajstić information content (AvgIpc) is 2.49. The monoisotopic (exact) mass is 277 g/mol. The Balaban J connectivity index is 2.14. The number of amides is 1. The Hall–Kier alpha value is -2.50. The Morgan fingerprint density at radius 2 is 2.10 bits per heavy atom. The van der Waals surface area contributed by atoms with Crippen LogP contribution in [-0.4, -0.2) is 31.7 Å². The third kappa shape index (κ3) is 3.28. The lowest BCUT2D eigenvalue weighted by atomic mass is 10.2. The molecule has 0 saturated carbocycles. The van der Waals surface area contributed by atoms with Crippen LogP contribution < -0.4 is 5.32 Å². The van der Waals surface area contributed by atoms with Crippen LogP contribution in [0, 0.1) is 0 Å². The number of rotatable bonds is 4. The summed E-state index contributed by atoms with van der Waals surface area (Å²) in [5.41, 5.74) is 0.658. The standard InChI is InChI=1S/C14H15NO5/c1-2-19-14(17)10-5-3-4-6-11(10)15-13(16)12-9-18-7-8-20-12/h3-6,9H,2,7-8H2,1H3,(H,15,16). The molecule has 0 saturated heterocycles. The number of anilines is 1. The van der Waals surface area contributed by atoms with Crippen molar-refractivity contribution in [2.75, 3.05) is 25.1 Å². The van der Waals surface area contributed by atoms with E-state index in [4.69, 9.17) is 14.2 Å². The highest BCUT2D eigenvalue weighted by Crippen LogP contribution is 2.18. The van der Waals surface area contributed by atoms with Gasteiger partial charge >= 0.3 is 5.97 Å². The molecule has 1 aromatic rings. The summed E-state index contributed by atoms with van der Waals surface area (Å²) in [6, 6.07) is 6.61. The molecular weight excluding hydrogens is 262 g/mol. The summed E-state index contributed by atoms with van der Waals surface area (Å²) >= 11 is 0. The molecule has 0 aliphatic carbocycles. The first-order valence-electron chi connectivity index (χ1n) is 6.24. The SMILES string of the molecule is CCOC(=O)c1ccccc1NC(=O)C1=COCCO1. The Labute approximate surface area is 116 Å². The fourth-order valence-electron chi connectivity index (χ4n) is 1.65. The van der Waals surface area contributed by atoms with Crippen LogP contribution in [0.25, 0.3) is 0 Å². The Morgan fingerprint density at radius 3 is 2.80 bits per heavy atom. The predicted octanol–water partition coefficient (Wildman–Crippen LogP) is 1.69. The van der Waals surface area contributed by atoms with E-state index in [0.29, 0.717) is 24.5 Å². The van der Waals surface area contributed by atoms with Gasteiger partial charge in [-0.05, 0) is 19.1 Å². The molecule has 6 nitrogen and oxygen atoms in total. The van der Waals surface area contributed by atoms with Crippen molar-refractivity contribution in [3.8, 4) is 0 Å². The highest BCUT2D eigenvalue weighted by molar-refractivity contribution is 6.06. The molecule has 0 fully saturated rings. The molecule has 6 heteroatoms. The molecule has 0 bridgehead atoms. The van der Waals surface area contributed by atoms with Crippen LogP contribution in [0.3, 0.4) is 0 Å². The minimum atomic E-state index is -0.488. The van der Waals surface area contributed by atoms with E-state index in [1.807, 2.05) is 0 Å². The minimum absolute atomic E-state index is 0.0786. The molecule has 1 amide bonds. The summed E-state index contributed by atoms with van der Waals surface area (Å²) in [6.07, 6.45) is 1.26. The van der Waals surface area contributed by atoms with E-state index in [1.165, 1.54) is 6.26 Å². The molecule has 0 atom stereocenters. The molecule has 1 heterocycles. The quantitative estimate of drug-likeness (QED) is 0.848. The maximum Gasteiger partial charge on any atom is 0.340 e. The first kappa shape index (κ1) is 13.9. The molecule has 1 aromatic carbocycles. The third-order valence-corrected chi connectivity index (χ3v) is 2.54. The van der Waals surface area contributed by atoms with E-state index in [0.717, 1.165) is 0 Å². The highest BCUT2D eigenvalue weighted by atomic mass is 16.6. The van der Waals surface area contributed by atoms with Gasteiger partial charge in [0.25, 0.3) is 5.91 Å². The molecule has 1 aliphatic rings. The predicted molar refractivity (Wildman–Crippen MR) is 71.0 cm³/mol. The molecule has 0 spiro atoms. The lowest BCUT2D eigenvalue weighted by Gasteiger charge is -2.16. The van der Waals surface area contributed by atoms with Crippen molar-refractivity contribution in [1.82, 2.24) is 0 Å². The molecule has 2 rings (SSSR count).